The molecule has 7 nitrogen and oxygen atoms in total. The molecule has 37 heavy (non-hydrogen) atoms. The van der Waals surface area contributed by atoms with Crippen LogP contribution in [0.15, 0.2) is 52.3 Å². The topological polar surface area (TPSA) is 61.2 Å². The monoisotopic (exact) mass is 537 g/mol. The van der Waals surface area contributed by atoms with E-state index in [4.69, 9.17) is 17.2 Å². The minimum absolute atomic E-state index is 0.163. The van der Waals surface area contributed by atoms with Crippen LogP contribution in [0.2, 0.25) is 0 Å². The van der Waals surface area contributed by atoms with Crippen LogP contribution >= 0.6 is 24.0 Å². The summed E-state index contributed by atoms with van der Waals surface area (Å²) in [5.74, 6) is 0.143. The van der Waals surface area contributed by atoms with Crippen LogP contribution in [0.4, 0.5) is 15.9 Å². The summed E-state index contributed by atoms with van der Waals surface area (Å²) in [7, 11) is 0. The van der Waals surface area contributed by atoms with Gasteiger partial charge in [0.2, 0.25) is 0 Å². The highest BCUT2D eigenvalue weighted by Gasteiger charge is 2.33. The zero-order chi connectivity index (χ0) is 26.1. The predicted molar refractivity (Wildman–Crippen MR) is 152 cm³/mol. The first kappa shape index (κ1) is 25.4. The van der Waals surface area contributed by atoms with E-state index in [1.54, 1.807) is 29.3 Å². The van der Waals surface area contributed by atoms with Crippen molar-refractivity contribution < 1.29 is 9.18 Å². The van der Waals surface area contributed by atoms with Crippen LogP contribution in [0.5, 0.6) is 0 Å². The molecule has 192 valence electrons. The van der Waals surface area contributed by atoms with E-state index in [0.29, 0.717) is 59.0 Å². The Morgan fingerprint density at radius 3 is 2.49 bits per heavy atom. The zero-order valence-corrected chi connectivity index (χ0v) is 22.4. The Balaban J connectivity index is 1.52. The molecule has 0 spiro atoms. The zero-order valence-electron chi connectivity index (χ0n) is 20.8. The van der Waals surface area contributed by atoms with Crippen molar-refractivity contribution >= 4 is 57.4 Å². The number of carbonyl (C=O) groups excluding carboxylic acids is 1. The number of thiocarbonyl (C=S) groups is 1. The Bertz CT molecular complexity index is 1450. The van der Waals surface area contributed by atoms with Crippen molar-refractivity contribution in [1.29, 1.82) is 0 Å². The Morgan fingerprint density at radius 2 is 1.78 bits per heavy atom. The number of unbranched alkanes of at least 4 members (excludes halogenated alkanes) is 1. The third-order valence-corrected chi connectivity index (χ3v) is 8.10. The van der Waals surface area contributed by atoms with Gasteiger partial charge in [0, 0.05) is 44.6 Å². The van der Waals surface area contributed by atoms with Gasteiger partial charge in [-0.2, -0.15) is 0 Å². The van der Waals surface area contributed by atoms with Gasteiger partial charge >= 0.3 is 0 Å². The molecule has 2 saturated heterocycles. The van der Waals surface area contributed by atoms with Crippen molar-refractivity contribution in [1.82, 2.24) is 14.3 Å². The number of aromatic nitrogens is 2. The van der Waals surface area contributed by atoms with E-state index < -0.39 is 0 Å². The fourth-order valence-corrected chi connectivity index (χ4v) is 5.93. The summed E-state index contributed by atoms with van der Waals surface area (Å²) in [4.78, 5) is 38.1. The van der Waals surface area contributed by atoms with E-state index in [2.05, 4.69) is 16.7 Å². The van der Waals surface area contributed by atoms with Gasteiger partial charge < -0.3 is 9.80 Å². The largest absolute Gasteiger partial charge is 0.368 e. The summed E-state index contributed by atoms with van der Waals surface area (Å²) in [6, 6.07) is 10.2. The molecule has 2 aliphatic rings. The van der Waals surface area contributed by atoms with Crippen LogP contribution in [0.3, 0.4) is 0 Å². The molecule has 0 bridgehead atoms. The molecular formula is C27H28FN5O2S2. The molecule has 0 radical (unpaired) electrons. The average molecular weight is 538 g/mol. The average Bonchev–Trinajstić information content (AvgIpc) is 3.17. The first-order valence-electron chi connectivity index (χ1n) is 12.4. The second-order valence-corrected chi connectivity index (χ2v) is 10.9. The second kappa shape index (κ2) is 10.6. The van der Waals surface area contributed by atoms with E-state index >= 15 is 0 Å². The van der Waals surface area contributed by atoms with Crippen molar-refractivity contribution in [3.05, 3.63) is 74.8 Å². The molecule has 0 aliphatic carbocycles. The molecule has 0 saturated carbocycles. The SMILES string of the molecule is CCCCN1C(=O)/C(=C/c2c(N3CCN(c4ccc(F)cc4)CC3)nc3c(C)cccn3c2=O)SC1=S. The van der Waals surface area contributed by atoms with Gasteiger partial charge in [0.05, 0.1) is 10.5 Å². The molecule has 5 rings (SSSR count). The van der Waals surface area contributed by atoms with Crippen molar-refractivity contribution in [3.8, 4) is 0 Å². The van der Waals surface area contributed by atoms with E-state index in [0.717, 1.165) is 24.1 Å². The molecule has 0 N–H and O–H groups in total. The highest BCUT2D eigenvalue weighted by Crippen LogP contribution is 2.34. The van der Waals surface area contributed by atoms with Gasteiger partial charge in [-0.05, 0) is 55.3 Å². The highest BCUT2D eigenvalue weighted by atomic mass is 32.2. The number of halogens is 1. The minimum Gasteiger partial charge on any atom is -0.368 e. The van der Waals surface area contributed by atoms with E-state index in [-0.39, 0.29) is 17.3 Å². The molecule has 10 heteroatoms. The maximum Gasteiger partial charge on any atom is 0.267 e. The fourth-order valence-electron chi connectivity index (χ4n) is 4.64. The molecule has 1 amide bonds. The maximum atomic E-state index is 13.7. The standard InChI is InChI=1S/C27H28FN5O2S2/c1-3-4-11-33-26(35)22(37-27(33)36)17-21-24(29-23-18(2)6-5-12-32(23)25(21)34)31-15-13-30(14-16-31)20-9-7-19(28)8-10-20/h5-10,12,17H,3-4,11,13-16H2,1-2H3/b22-17-. The van der Waals surface area contributed by atoms with Crippen LogP contribution < -0.4 is 15.4 Å². The van der Waals surface area contributed by atoms with E-state index in [1.165, 1.54) is 28.3 Å². The molecule has 2 aromatic heterocycles. The second-order valence-electron chi connectivity index (χ2n) is 9.18. The Morgan fingerprint density at radius 1 is 1.08 bits per heavy atom. The fraction of sp³-hybridized carbons (Fsp3) is 0.333. The molecule has 4 heterocycles. The summed E-state index contributed by atoms with van der Waals surface area (Å²) in [5, 5.41) is 0. The van der Waals surface area contributed by atoms with Crippen LogP contribution in [0, 0.1) is 12.7 Å². The van der Waals surface area contributed by atoms with Crippen molar-refractivity contribution in [2.45, 2.75) is 26.7 Å². The lowest BCUT2D eigenvalue weighted by molar-refractivity contribution is -0.122. The lowest BCUT2D eigenvalue weighted by Crippen LogP contribution is -2.47. The number of nitrogens with zero attached hydrogens (tertiary/aromatic N) is 5. The Kier molecular flexibility index (Phi) is 7.30. The molecule has 0 atom stereocenters. The summed E-state index contributed by atoms with van der Waals surface area (Å²) in [6.45, 7) is 7.22. The Labute approximate surface area is 224 Å². The lowest BCUT2D eigenvalue weighted by Gasteiger charge is -2.37. The summed E-state index contributed by atoms with van der Waals surface area (Å²) < 4.78 is 15.4. The number of fused-ring (bicyclic) bond motifs is 1. The number of amides is 1. The van der Waals surface area contributed by atoms with Crippen molar-refractivity contribution in [3.63, 3.8) is 0 Å². The summed E-state index contributed by atoms with van der Waals surface area (Å²) >= 11 is 6.70. The number of thioether (sulfide) groups is 1. The van der Waals surface area contributed by atoms with Gasteiger partial charge in [0.25, 0.3) is 11.5 Å². The van der Waals surface area contributed by atoms with Crippen molar-refractivity contribution in [2.24, 2.45) is 0 Å². The van der Waals surface area contributed by atoms with Crippen LogP contribution in [-0.4, -0.2) is 57.2 Å². The van der Waals surface area contributed by atoms with E-state index in [9.17, 15) is 14.0 Å². The van der Waals surface area contributed by atoms with Crippen LogP contribution in [0.1, 0.15) is 30.9 Å². The number of hydrogen-bond acceptors (Lipinski definition) is 7. The van der Waals surface area contributed by atoms with Gasteiger partial charge in [0.15, 0.2) is 0 Å². The normalized spacial score (nSPS) is 17.5. The Hall–Kier alpha value is -3.24. The number of pyridine rings is 1. The van der Waals surface area contributed by atoms with Gasteiger partial charge in [-0.1, -0.05) is 43.4 Å². The minimum atomic E-state index is -0.261. The smallest absolute Gasteiger partial charge is 0.267 e. The number of rotatable bonds is 6. The summed E-state index contributed by atoms with van der Waals surface area (Å²) in [6.07, 6.45) is 5.19. The number of piperazine rings is 1. The number of benzene rings is 1. The number of carbonyl (C=O) groups is 1. The highest BCUT2D eigenvalue weighted by molar-refractivity contribution is 8.26. The first-order valence-corrected chi connectivity index (χ1v) is 13.6. The predicted octanol–water partition coefficient (Wildman–Crippen LogP) is 4.47. The molecular weight excluding hydrogens is 509 g/mol. The number of hydrogen-bond donors (Lipinski definition) is 0. The van der Waals surface area contributed by atoms with Gasteiger partial charge in [-0.3, -0.25) is 18.9 Å². The van der Waals surface area contributed by atoms with Gasteiger partial charge in [0.1, 0.15) is 21.6 Å². The van der Waals surface area contributed by atoms with Gasteiger partial charge in [-0.15, -0.1) is 0 Å². The van der Waals surface area contributed by atoms with Crippen molar-refractivity contribution in [2.75, 3.05) is 42.5 Å². The van der Waals surface area contributed by atoms with Gasteiger partial charge in [-0.25, -0.2) is 9.37 Å². The number of anilines is 2. The van der Waals surface area contributed by atoms with E-state index in [1.807, 2.05) is 19.1 Å². The molecule has 1 aromatic carbocycles. The molecule has 3 aromatic rings. The maximum absolute atomic E-state index is 13.7. The number of aryl methyl sites for hydroxylation is 1. The molecule has 2 aliphatic heterocycles. The van der Waals surface area contributed by atoms with Crippen LogP contribution in [0.25, 0.3) is 11.7 Å². The summed E-state index contributed by atoms with van der Waals surface area (Å²) in [5.41, 5.74) is 2.61. The first-order chi connectivity index (χ1) is 17.9. The molecule has 2 fully saturated rings. The van der Waals surface area contributed by atoms with Crippen LogP contribution in [-0.2, 0) is 4.79 Å². The lowest BCUT2D eigenvalue weighted by atomic mass is 10.2. The molecule has 0 unspecified atom stereocenters. The third-order valence-electron chi connectivity index (χ3n) is 6.72. The quantitative estimate of drug-likeness (QED) is 0.340. The third kappa shape index (κ3) is 5.00.